The number of hydrogen-bond acceptors (Lipinski definition) is 10. The summed E-state index contributed by atoms with van der Waals surface area (Å²) < 4.78 is 22.3. The van der Waals surface area contributed by atoms with Crippen LogP contribution < -0.4 is 14.2 Å². The second-order valence-corrected chi connectivity index (χ2v) is 9.31. The van der Waals surface area contributed by atoms with E-state index in [0.29, 0.717) is 59.5 Å². The van der Waals surface area contributed by atoms with Gasteiger partial charge in [0, 0.05) is 41.7 Å². The smallest absolute Gasteiger partial charge is 0.223 e. The quantitative estimate of drug-likeness (QED) is 0.197. The van der Waals surface area contributed by atoms with Crippen molar-refractivity contribution in [2.24, 2.45) is 4.99 Å². The van der Waals surface area contributed by atoms with Crippen LogP contribution in [-0.2, 0) is 0 Å². The van der Waals surface area contributed by atoms with Gasteiger partial charge in [-0.1, -0.05) is 5.16 Å². The van der Waals surface area contributed by atoms with Crippen molar-refractivity contribution in [3.8, 4) is 28.6 Å². The number of hydrogen-bond donors (Lipinski definition) is 1. The molecular formula is C24H26N4O4S2. The molecule has 0 radical (unpaired) electrons. The van der Waals surface area contributed by atoms with Crippen LogP contribution in [0.4, 0.5) is 0 Å². The Kier molecular flexibility index (Phi) is 8.12. The fourth-order valence-corrected chi connectivity index (χ4v) is 4.48. The molecule has 1 aromatic heterocycles. The lowest BCUT2D eigenvalue weighted by molar-refractivity contribution is 0.289. The Morgan fingerprint density at radius 2 is 1.97 bits per heavy atom. The van der Waals surface area contributed by atoms with Gasteiger partial charge in [-0.25, -0.2) is 0 Å². The number of aryl methyl sites for hydroxylation is 1. The van der Waals surface area contributed by atoms with E-state index in [1.54, 1.807) is 25.8 Å². The van der Waals surface area contributed by atoms with Crippen molar-refractivity contribution in [1.82, 2.24) is 10.1 Å². The van der Waals surface area contributed by atoms with E-state index < -0.39 is 0 Å². The summed E-state index contributed by atoms with van der Waals surface area (Å²) in [5, 5.41) is 12.8. The molecule has 0 atom stereocenters. The highest BCUT2D eigenvalue weighted by molar-refractivity contribution is 8.15. The minimum Gasteiger partial charge on any atom is -0.493 e. The highest BCUT2D eigenvalue weighted by Crippen LogP contribution is 2.40. The SMILES string of the molecule is COc1cc(C(=NCCSc2ccc(-c3noc(C)n3)cc2)C(=N)SC)cc2c1OCCCO2. The van der Waals surface area contributed by atoms with Gasteiger partial charge in [0.15, 0.2) is 11.5 Å². The molecule has 2 aromatic carbocycles. The fraction of sp³-hybridized carbons (Fsp3) is 0.333. The normalized spacial score (nSPS) is 13.4. The summed E-state index contributed by atoms with van der Waals surface area (Å²) in [7, 11) is 1.60. The van der Waals surface area contributed by atoms with Crippen molar-refractivity contribution in [2.45, 2.75) is 18.2 Å². The molecule has 10 heteroatoms. The third-order valence-electron chi connectivity index (χ3n) is 5.00. The van der Waals surface area contributed by atoms with Gasteiger partial charge >= 0.3 is 0 Å². The Morgan fingerprint density at radius 1 is 1.18 bits per heavy atom. The molecule has 0 fully saturated rings. The number of thioether (sulfide) groups is 2. The molecule has 4 rings (SSSR count). The summed E-state index contributed by atoms with van der Waals surface area (Å²) >= 11 is 3.05. The molecule has 178 valence electrons. The molecule has 0 aliphatic carbocycles. The molecule has 0 saturated carbocycles. The van der Waals surface area contributed by atoms with E-state index in [0.717, 1.165) is 28.2 Å². The first-order chi connectivity index (χ1) is 16.6. The van der Waals surface area contributed by atoms with Crippen LogP contribution in [-0.4, -0.2) is 59.8 Å². The third-order valence-corrected chi connectivity index (χ3v) is 6.59. The zero-order valence-corrected chi connectivity index (χ0v) is 20.9. The van der Waals surface area contributed by atoms with Gasteiger partial charge in [0.1, 0.15) is 5.04 Å². The van der Waals surface area contributed by atoms with Gasteiger partial charge in [-0.2, -0.15) is 4.98 Å². The lowest BCUT2D eigenvalue weighted by atomic mass is 10.1. The molecule has 3 aromatic rings. The molecule has 0 unspecified atom stereocenters. The predicted octanol–water partition coefficient (Wildman–Crippen LogP) is 5.14. The van der Waals surface area contributed by atoms with Gasteiger partial charge in [0.05, 0.1) is 26.0 Å². The predicted molar refractivity (Wildman–Crippen MR) is 136 cm³/mol. The summed E-state index contributed by atoms with van der Waals surface area (Å²) in [5.41, 5.74) is 2.31. The summed E-state index contributed by atoms with van der Waals surface area (Å²) in [6.07, 6.45) is 2.68. The van der Waals surface area contributed by atoms with Crippen LogP contribution in [0.15, 0.2) is 50.8 Å². The lowest BCUT2D eigenvalue weighted by Crippen LogP contribution is -2.13. The van der Waals surface area contributed by atoms with Gasteiger partial charge in [-0.05, 0) is 42.7 Å². The van der Waals surface area contributed by atoms with Crippen molar-refractivity contribution >= 4 is 34.3 Å². The van der Waals surface area contributed by atoms with E-state index in [-0.39, 0.29) is 0 Å². The zero-order chi connectivity index (χ0) is 23.9. The van der Waals surface area contributed by atoms with E-state index in [4.69, 9.17) is 29.1 Å². The molecule has 1 aliphatic rings. The van der Waals surface area contributed by atoms with Gasteiger partial charge in [-0.3, -0.25) is 10.4 Å². The molecule has 0 spiro atoms. The van der Waals surface area contributed by atoms with Crippen LogP contribution in [0.1, 0.15) is 17.9 Å². The standard InChI is InChI=1S/C24H26N4O4S2/c1-15-27-24(28-32-15)16-5-7-18(8-6-16)34-12-9-26-21(23(25)33-3)17-13-19(29-2)22-20(14-17)30-10-4-11-31-22/h5-8,13-14,25H,4,9-12H2,1-3H3. The largest absolute Gasteiger partial charge is 0.493 e. The first-order valence-electron chi connectivity index (χ1n) is 10.8. The second kappa shape index (κ2) is 11.4. The van der Waals surface area contributed by atoms with Crippen LogP contribution in [0.3, 0.4) is 0 Å². The highest BCUT2D eigenvalue weighted by Gasteiger charge is 2.20. The molecule has 2 heterocycles. The number of methoxy groups -OCH3 is 1. The fourth-order valence-electron chi connectivity index (χ4n) is 3.36. The van der Waals surface area contributed by atoms with Crippen LogP contribution in [0.2, 0.25) is 0 Å². The number of fused-ring (bicyclic) bond motifs is 1. The number of nitrogens with one attached hydrogen (secondary N) is 1. The average molecular weight is 499 g/mol. The second-order valence-electron chi connectivity index (χ2n) is 7.33. The van der Waals surface area contributed by atoms with Crippen LogP contribution in [0.25, 0.3) is 11.4 Å². The summed E-state index contributed by atoms with van der Waals surface area (Å²) in [6.45, 7) is 3.49. The molecule has 0 amide bonds. The van der Waals surface area contributed by atoms with Crippen molar-refractivity contribution < 1.29 is 18.7 Å². The van der Waals surface area contributed by atoms with Crippen LogP contribution >= 0.6 is 23.5 Å². The Bertz CT molecular complexity index is 1180. The van der Waals surface area contributed by atoms with Crippen molar-refractivity contribution in [1.29, 1.82) is 5.41 Å². The van der Waals surface area contributed by atoms with Crippen LogP contribution in [0.5, 0.6) is 17.2 Å². The van der Waals surface area contributed by atoms with Gasteiger partial charge in [-0.15, -0.1) is 23.5 Å². The number of ether oxygens (including phenoxy) is 3. The minimum absolute atomic E-state index is 0.390. The van der Waals surface area contributed by atoms with Gasteiger partial charge in [0.2, 0.25) is 17.5 Å². The number of benzene rings is 2. The maximum Gasteiger partial charge on any atom is 0.223 e. The summed E-state index contributed by atoms with van der Waals surface area (Å²) in [5.74, 6) is 3.72. The maximum absolute atomic E-state index is 8.44. The molecule has 0 saturated heterocycles. The first kappa shape index (κ1) is 24.2. The molecular weight excluding hydrogens is 472 g/mol. The highest BCUT2D eigenvalue weighted by atomic mass is 32.2. The zero-order valence-electron chi connectivity index (χ0n) is 19.3. The van der Waals surface area contributed by atoms with Crippen molar-refractivity contribution in [3.63, 3.8) is 0 Å². The van der Waals surface area contributed by atoms with Crippen LogP contribution in [0, 0.1) is 12.3 Å². The Balaban J connectivity index is 1.46. The Morgan fingerprint density at radius 3 is 2.68 bits per heavy atom. The first-order valence-corrected chi connectivity index (χ1v) is 13.0. The molecule has 1 N–H and O–H groups in total. The third kappa shape index (κ3) is 5.74. The number of nitrogens with zero attached hydrogens (tertiary/aromatic N) is 3. The number of aromatic nitrogens is 2. The number of aliphatic imine (C=N–C) groups is 1. The average Bonchev–Trinajstić information content (AvgIpc) is 3.15. The Hall–Kier alpha value is -2.98. The maximum atomic E-state index is 8.44. The Labute approximate surface area is 207 Å². The van der Waals surface area contributed by atoms with Crippen molar-refractivity contribution in [2.75, 3.05) is 38.9 Å². The summed E-state index contributed by atoms with van der Waals surface area (Å²) in [6, 6.07) is 11.8. The van der Waals surface area contributed by atoms with E-state index in [2.05, 4.69) is 10.1 Å². The van der Waals surface area contributed by atoms with Crippen molar-refractivity contribution in [3.05, 3.63) is 47.9 Å². The lowest BCUT2D eigenvalue weighted by Gasteiger charge is -2.15. The topological polar surface area (TPSA) is 103 Å². The van der Waals surface area contributed by atoms with Gasteiger partial charge in [0.25, 0.3) is 0 Å². The van der Waals surface area contributed by atoms with Gasteiger partial charge < -0.3 is 18.7 Å². The van der Waals surface area contributed by atoms with E-state index in [9.17, 15) is 0 Å². The number of rotatable bonds is 8. The molecule has 1 aliphatic heterocycles. The van der Waals surface area contributed by atoms with E-state index >= 15 is 0 Å². The van der Waals surface area contributed by atoms with E-state index in [1.807, 2.05) is 42.7 Å². The monoisotopic (exact) mass is 498 g/mol. The molecule has 34 heavy (non-hydrogen) atoms. The van der Waals surface area contributed by atoms with E-state index in [1.165, 1.54) is 11.8 Å². The minimum atomic E-state index is 0.390. The molecule has 0 bridgehead atoms. The summed E-state index contributed by atoms with van der Waals surface area (Å²) in [4.78, 5) is 10.1. The molecule has 8 nitrogen and oxygen atoms in total.